The van der Waals surface area contributed by atoms with Crippen molar-refractivity contribution in [2.24, 2.45) is 5.92 Å². The fourth-order valence-corrected chi connectivity index (χ4v) is 2.98. The molecule has 0 saturated heterocycles. The van der Waals surface area contributed by atoms with Gasteiger partial charge in [0.15, 0.2) is 0 Å². The molecule has 3 amide bonds. The summed E-state index contributed by atoms with van der Waals surface area (Å²) in [4.78, 5) is 39.0. The Morgan fingerprint density at radius 3 is 2.33 bits per heavy atom. The molecule has 0 aliphatic heterocycles. The summed E-state index contributed by atoms with van der Waals surface area (Å²) in [5.41, 5.74) is 2.56. The number of carbonyl (C=O) groups is 3. The van der Waals surface area contributed by atoms with E-state index in [1.54, 1.807) is 26.0 Å². The Balaban J connectivity index is 2.05. The summed E-state index contributed by atoms with van der Waals surface area (Å²) in [5, 5.41) is 5.40. The van der Waals surface area contributed by atoms with Gasteiger partial charge in [-0.25, -0.2) is 4.39 Å². The number of nitrogens with one attached hydrogen (secondary N) is 2. The van der Waals surface area contributed by atoms with Crippen molar-refractivity contribution in [1.82, 2.24) is 10.2 Å². The molecule has 1 unspecified atom stereocenters. The van der Waals surface area contributed by atoms with Gasteiger partial charge in [0.2, 0.25) is 11.8 Å². The van der Waals surface area contributed by atoms with Gasteiger partial charge in [-0.3, -0.25) is 14.4 Å². The second-order valence-electron chi connectivity index (χ2n) is 7.66. The third-order valence-electron chi connectivity index (χ3n) is 4.97. The number of likely N-dealkylation sites (N-methyl/N-ethyl adjacent to an activating group) is 1. The SMILES string of the molecule is Cc1cccc(NC(=O)CN(C)C(=O)C(NC(=O)c2ccccc2F)C(C)C)c1C. The molecule has 2 N–H and O–H groups in total. The minimum atomic E-state index is -0.893. The van der Waals surface area contributed by atoms with Crippen LogP contribution in [0.4, 0.5) is 10.1 Å². The standard InChI is InChI=1S/C23H28FN3O3/c1-14(2)21(26-22(29)17-10-6-7-11-18(17)24)23(30)27(5)13-20(28)25-19-12-8-9-15(3)16(19)4/h6-12,14,21H,13H2,1-5H3,(H,25,28)(H,26,29). The monoisotopic (exact) mass is 413 g/mol. The Morgan fingerprint density at radius 1 is 1.03 bits per heavy atom. The maximum atomic E-state index is 13.9. The van der Waals surface area contributed by atoms with Crippen molar-refractivity contribution in [2.45, 2.75) is 33.7 Å². The molecule has 0 aromatic heterocycles. The van der Waals surface area contributed by atoms with Gasteiger partial charge in [-0.1, -0.05) is 38.1 Å². The van der Waals surface area contributed by atoms with E-state index in [-0.39, 0.29) is 23.9 Å². The van der Waals surface area contributed by atoms with E-state index in [0.29, 0.717) is 5.69 Å². The zero-order chi connectivity index (χ0) is 22.4. The Kier molecular flexibility index (Phi) is 7.69. The number of halogens is 1. The van der Waals surface area contributed by atoms with Gasteiger partial charge in [0.25, 0.3) is 5.91 Å². The highest BCUT2D eigenvalue weighted by Crippen LogP contribution is 2.18. The smallest absolute Gasteiger partial charge is 0.254 e. The van der Waals surface area contributed by atoms with E-state index >= 15 is 0 Å². The van der Waals surface area contributed by atoms with Crippen LogP contribution in [0.5, 0.6) is 0 Å². The van der Waals surface area contributed by atoms with E-state index in [2.05, 4.69) is 10.6 Å². The van der Waals surface area contributed by atoms with Crippen LogP contribution >= 0.6 is 0 Å². The van der Waals surface area contributed by atoms with Crippen molar-refractivity contribution in [3.05, 3.63) is 65.0 Å². The van der Waals surface area contributed by atoms with Crippen LogP contribution in [0, 0.1) is 25.6 Å². The highest BCUT2D eigenvalue weighted by molar-refractivity contribution is 5.99. The van der Waals surface area contributed by atoms with Crippen molar-refractivity contribution in [2.75, 3.05) is 18.9 Å². The minimum Gasteiger partial charge on any atom is -0.340 e. The van der Waals surface area contributed by atoms with E-state index in [4.69, 9.17) is 0 Å². The molecule has 0 heterocycles. The molecule has 0 spiro atoms. The van der Waals surface area contributed by atoms with Crippen LogP contribution in [-0.4, -0.2) is 42.3 Å². The van der Waals surface area contributed by atoms with Gasteiger partial charge in [0.05, 0.1) is 12.1 Å². The molecule has 2 aromatic carbocycles. The number of benzene rings is 2. The summed E-state index contributed by atoms with van der Waals surface area (Å²) in [7, 11) is 1.50. The largest absolute Gasteiger partial charge is 0.340 e. The molecule has 2 aromatic rings. The first-order valence-electron chi connectivity index (χ1n) is 9.78. The maximum absolute atomic E-state index is 13.9. The van der Waals surface area contributed by atoms with Crippen LogP contribution in [0.1, 0.15) is 35.3 Å². The first-order valence-corrected chi connectivity index (χ1v) is 9.78. The van der Waals surface area contributed by atoms with E-state index in [0.717, 1.165) is 11.1 Å². The second kappa shape index (κ2) is 10.0. The first-order chi connectivity index (χ1) is 14.1. The van der Waals surface area contributed by atoms with Crippen LogP contribution in [-0.2, 0) is 9.59 Å². The van der Waals surface area contributed by atoms with E-state index in [9.17, 15) is 18.8 Å². The molecule has 2 rings (SSSR count). The maximum Gasteiger partial charge on any atom is 0.254 e. The van der Waals surface area contributed by atoms with Gasteiger partial charge in [-0.15, -0.1) is 0 Å². The van der Waals surface area contributed by atoms with E-state index in [1.807, 2.05) is 26.0 Å². The lowest BCUT2D eigenvalue weighted by Gasteiger charge is -2.27. The van der Waals surface area contributed by atoms with Gasteiger partial charge in [-0.2, -0.15) is 0 Å². The summed E-state index contributed by atoms with van der Waals surface area (Å²) in [6.07, 6.45) is 0. The second-order valence-corrected chi connectivity index (χ2v) is 7.66. The predicted octanol–water partition coefficient (Wildman–Crippen LogP) is 3.29. The molecule has 0 radical (unpaired) electrons. The molecule has 0 saturated carbocycles. The number of nitrogens with zero attached hydrogens (tertiary/aromatic N) is 1. The summed E-state index contributed by atoms with van der Waals surface area (Å²) >= 11 is 0. The third kappa shape index (κ3) is 5.65. The zero-order valence-electron chi connectivity index (χ0n) is 18.0. The van der Waals surface area contributed by atoms with Crippen LogP contribution in [0.2, 0.25) is 0 Å². The molecule has 0 aliphatic carbocycles. The van der Waals surface area contributed by atoms with E-state index in [1.165, 1.54) is 30.1 Å². The fourth-order valence-electron chi connectivity index (χ4n) is 2.98. The minimum absolute atomic E-state index is 0.133. The van der Waals surface area contributed by atoms with Crippen molar-refractivity contribution >= 4 is 23.4 Å². The summed E-state index contributed by atoms with van der Waals surface area (Å²) in [6, 6.07) is 10.3. The van der Waals surface area contributed by atoms with Crippen molar-refractivity contribution in [3.63, 3.8) is 0 Å². The molecule has 1 atom stereocenters. The lowest BCUT2D eigenvalue weighted by Crippen LogP contribution is -2.51. The Hall–Kier alpha value is -3.22. The fraction of sp³-hybridized carbons (Fsp3) is 0.348. The lowest BCUT2D eigenvalue weighted by atomic mass is 10.0. The third-order valence-corrected chi connectivity index (χ3v) is 4.97. The summed E-state index contributed by atoms with van der Waals surface area (Å²) in [5.74, 6) is -2.36. The highest BCUT2D eigenvalue weighted by atomic mass is 19.1. The van der Waals surface area contributed by atoms with Crippen LogP contribution in [0.25, 0.3) is 0 Å². The Morgan fingerprint density at radius 2 is 1.70 bits per heavy atom. The van der Waals surface area contributed by atoms with Crippen LogP contribution in [0.3, 0.4) is 0 Å². The van der Waals surface area contributed by atoms with Gasteiger partial charge in [0, 0.05) is 12.7 Å². The number of hydrogen-bond acceptors (Lipinski definition) is 3. The number of carbonyl (C=O) groups excluding carboxylic acids is 3. The van der Waals surface area contributed by atoms with Gasteiger partial charge < -0.3 is 15.5 Å². The number of rotatable bonds is 7. The van der Waals surface area contributed by atoms with Crippen LogP contribution in [0.15, 0.2) is 42.5 Å². The van der Waals surface area contributed by atoms with Crippen molar-refractivity contribution in [1.29, 1.82) is 0 Å². The topological polar surface area (TPSA) is 78.5 Å². The van der Waals surface area contributed by atoms with Crippen LogP contribution < -0.4 is 10.6 Å². The average Bonchev–Trinajstić information content (AvgIpc) is 2.69. The number of anilines is 1. The van der Waals surface area contributed by atoms with Crippen molar-refractivity contribution < 1.29 is 18.8 Å². The molecule has 0 aliphatic rings. The lowest BCUT2D eigenvalue weighted by molar-refractivity contribution is -0.135. The van der Waals surface area contributed by atoms with Gasteiger partial charge in [0.1, 0.15) is 11.9 Å². The molecule has 30 heavy (non-hydrogen) atoms. The average molecular weight is 413 g/mol. The highest BCUT2D eigenvalue weighted by Gasteiger charge is 2.29. The number of amides is 3. The summed E-state index contributed by atoms with van der Waals surface area (Å²) < 4.78 is 13.9. The zero-order valence-corrected chi connectivity index (χ0v) is 18.0. The molecule has 0 bridgehead atoms. The first kappa shape index (κ1) is 23.1. The molecule has 7 heteroatoms. The molecule has 0 fully saturated rings. The number of hydrogen-bond donors (Lipinski definition) is 2. The quantitative estimate of drug-likeness (QED) is 0.731. The molecule has 6 nitrogen and oxygen atoms in total. The van der Waals surface area contributed by atoms with Crippen molar-refractivity contribution in [3.8, 4) is 0 Å². The molecule has 160 valence electrons. The van der Waals surface area contributed by atoms with Gasteiger partial charge >= 0.3 is 0 Å². The normalized spacial score (nSPS) is 11.7. The Labute approximate surface area is 176 Å². The van der Waals surface area contributed by atoms with Gasteiger partial charge in [-0.05, 0) is 49.1 Å². The Bertz CT molecular complexity index is 943. The molecular weight excluding hydrogens is 385 g/mol. The number of aryl methyl sites for hydroxylation is 1. The van der Waals surface area contributed by atoms with E-state index < -0.39 is 23.7 Å². The molecular formula is C23H28FN3O3. The predicted molar refractivity (Wildman–Crippen MR) is 115 cm³/mol. The summed E-state index contributed by atoms with van der Waals surface area (Å²) in [6.45, 7) is 7.23.